The summed E-state index contributed by atoms with van der Waals surface area (Å²) in [6, 6.07) is 0. The lowest BCUT2D eigenvalue weighted by Gasteiger charge is -2.19. The molecule has 0 spiro atoms. The van der Waals surface area contributed by atoms with Crippen LogP contribution in [0.25, 0.3) is 0 Å². The third-order valence-electron chi connectivity index (χ3n) is 7.94. The van der Waals surface area contributed by atoms with E-state index in [2.05, 4.69) is 80.7 Å². The van der Waals surface area contributed by atoms with Crippen molar-refractivity contribution in [1.82, 2.24) is 0 Å². The molecule has 0 bridgehead atoms. The Hall–Kier alpha value is -3.40. The first kappa shape index (κ1) is 52.6. The predicted octanol–water partition coefficient (Wildman–Crippen LogP) is 11.0. The van der Waals surface area contributed by atoms with Crippen LogP contribution in [0.15, 0.2) is 97.2 Å². The Labute approximate surface area is 338 Å². The summed E-state index contributed by atoms with van der Waals surface area (Å²) in [6.45, 7) is 3.29. The fraction of sp³-hybridized carbons (Fsp3) is 0.578. The van der Waals surface area contributed by atoms with Crippen LogP contribution in [-0.2, 0) is 37.5 Å². The van der Waals surface area contributed by atoms with Gasteiger partial charge in [0.25, 0.3) is 0 Å². The SMILES string of the molecule is CC/C=C\C/C=C\C/C=C\C/C=C\C/C=C\C/C=C\CCC(=O)O[C@H](COC(=O)CCCCCCC/C=C\C=C\C(=O)CCCCC)COP(=O)(O)OCCN. The van der Waals surface area contributed by atoms with Gasteiger partial charge >= 0.3 is 19.8 Å². The number of phosphoric ester groups is 1. The molecule has 316 valence electrons. The molecule has 0 saturated carbocycles. The number of ketones is 1. The van der Waals surface area contributed by atoms with Gasteiger partial charge in [-0.05, 0) is 76.7 Å². The van der Waals surface area contributed by atoms with Crippen LogP contribution in [-0.4, -0.2) is 55.1 Å². The summed E-state index contributed by atoms with van der Waals surface area (Å²) in [4.78, 5) is 46.5. The Morgan fingerprint density at radius 2 is 1.18 bits per heavy atom. The molecule has 0 saturated heterocycles. The quantitative estimate of drug-likeness (QED) is 0.0155. The standard InChI is InChI=1S/C45H72NO9P/c1-3-5-7-8-9-10-11-12-13-14-15-16-17-18-19-22-26-29-33-37-45(49)55-43(41-54-56(50,51)53-39-38-46)40-52-44(48)36-32-28-25-23-20-21-24-27-31-35-42(47)34-30-6-4-2/h5,7,9-10,12-13,15-16,18-19,24,26-27,29,31,35,43H,3-4,6,8,11,14,17,20-23,25,28,30,32-34,36-41,46H2,1-2H3,(H,50,51)/b7-5-,10-9-,13-12-,16-15-,19-18-,27-24-,29-26-,35-31+/t43-/m1/s1. The molecule has 0 aromatic rings. The average Bonchev–Trinajstić information content (AvgIpc) is 3.18. The molecule has 56 heavy (non-hydrogen) atoms. The second-order valence-electron chi connectivity index (χ2n) is 13.2. The minimum Gasteiger partial charge on any atom is -0.462 e. The van der Waals surface area contributed by atoms with Crippen molar-refractivity contribution in [1.29, 1.82) is 0 Å². The highest BCUT2D eigenvalue weighted by atomic mass is 31.2. The van der Waals surface area contributed by atoms with Crippen molar-refractivity contribution < 1.29 is 42.4 Å². The molecule has 0 radical (unpaired) electrons. The minimum atomic E-state index is -4.42. The molecule has 0 amide bonds. The van der Waals surface area contributed by atoms with Crippen molar-refractivity contribution in [3.63, 3.8) is 0 Å². The van der Waals surface area contributed by atoms with E-state index in [-0.39, 0.29) is 38.4 Å². The van der Waals surface area contributed by atoms with Crippen molar-refractivity contribution in [3.05, 3.63) is 97.2 Å². The molecule has 0 aromatic heterocycles. The van der Waals surface area contributed by atoms with Gasteiger partial charge in [0, 0.05) is 25.8 Å². The Bertz CT molecular complexity index is 1300. The van der Waals surface area contributed by atoms with Crippen molar-refractivity contribution in [2.24, 2.45) is 5.73 Å². The second-order valence-corrected chi connectivity index (χ2v) is 14.6. The molecule has 2 atom stereocenters. The van der Waals surface area contributed by atoms with Crippen molar-refractivity contribution in [2.45, 2.75) is 142 Å². The average molecular weight is 802 g/mol. The maximum Gasteiger partial charge on any atom is 0.472 e. The minimum absolute atomic E-state index is 0.0235. The highest BCUT2D eigenvalue weighted by Gasteiger charge is 2.25. The summed E-state index contributed by atoms with van der Waals surface area (Å²) >= 11 is 0. The fourth-order valence-electron chi connectivity index (χ4n) is 4.87. The van der Waals surface area contributed by atoms with Crippen molar-refractivity contribution in [2.75, 3.05) is 26.4 Å². The van der Waals surface area contributed by atoms with E-state index >= 15 is 0 Å². The number of esters is 2. The Morgan fingerprint density at radius 1 is 0.607 bits per heavy atom. The van der Waals surface area contributed by atoms with Gasteiger partial charge in [0.05, 0.1) is 13.2 Å². The zero-order valence-electron chi connectivity index (χ0n) is 34.3. The number of phosphoric acid groups is 1. The largest absolute Gasteiger partial charge is 0.472 e. The van der Waals surface area contributed by atoms with E-state index in [9.17, 15) is 23.8 Å². The molecule has 11 heteroatoms. The molecule has 10 nitrogen and oxygen atoms in total. The summed E-state index contributed by atoms with van der Waals surface area (Å²) in [7, 11) is -4.42. The molecule has 0 heterocycles. The number of nitrogens with two attached hydrogens (primary N) is 1. The van der Waals surface area contributed by atoms with Crippen LogP contribution in [0.1, 0.15) is 136 Å². The Balaban J connectivity index is 4.40. The van der Waals surface area contributed by atoms with Crippen LogP contribution in [0.2, 0.25) is 0 Å². The third kappa shape index (κ3) is 38.9. The molecule has 0 rings (SSSR count). The van der Waals surface area contributed by atoms with Gasteiger partial charge in [0.1, 0.15) is 6.61 Å². The lowest BCUT2D eigenvalue weighted by molar-refractivity contribution is -0.161. The Morgan fingerprint density at radius 3 is 1.79 bits per heavy atom. The fourth-order valence-corrected chi connectivity index (χ4v) is 5.64. The van der Waals surface area contributed by atoms with Crippen molar-refractivity contribution >= 4 is 25.5 Å². The molecule has 0 fully saturated rings. The molecule has 3 N–H and O–H groups in total. The van der Waals surface area contributed by atoms with E-state index < -0.39 is 32.5 Å². The number of hydrogen-bond acceptors (Lipinski definition) is 9. The zero-order chi connectivity index (χ0) is 41.2. The predicted molar refractivity (Wildman–Crippen MR) is 229 cm³/mol. The first-order chi connectivity index (χ1) is 27.2. The topological polar surface area (TPSA) is 151 Å². The molecular formula is C45H72NO9P. The second kappa shape index (κ2) is 39.8. The molecule has 0 aliphatic rings. The lowest BCUT2D eigenvalue weighted by atomic mass is 10.1. The van der Waals surface area contributed by atoms with E-state index in [1.807, 2.05) is 24.3 Å². The maximum absolute atomic E-state index is 12.5. The van der Waals surface area contributed by atoms with E-state index in [0.717, 1.165) is 89.9 Å². The van der Waals surface area contributed by atoms with E-state index in [4.69, 9.17) is 24.3 Å². The van der Waals surface area contributed by atoms with Crippen LogP contribution >= 0.6 is 7.82 Å². The molecule has 0 aliphatic carbocycles. The highest BCUT2D eigenvalue weighted by Crippen LogP contribution is 2.43. The van der Waals surface area contributed by atoms with Gasteiger partial charge in [0.2, 0.25) is 0 Å². The van der Waals surface area contributed by atoms with Gasteiger partial charge in [-0.2, -0.15) is 0 Å². The molecule has 1 unspecified atom stereocenters. The van der Waals surface area contributed by atoms with Gasteiger partial charge in [0.15, 0.2) is 11.9 Å². The summed E-state index contributed by atoms with van der Waals surface area (Å²) in [5.41, 5.74) is 5.33. The summed E-state index contributed by atoms with van der Waals surface area (Å²) in [5.74, 6) is -0.829. The van der Waals surface area contributed by atoms with Crippen LogP contribution in [0.5, 0.6) is 0 Å². The highest BCUT2D eigenvalue weighted by molar-refractivity contribution is 7.47. The van der Waals surface area contributed by atoms with Crippen LogP contribution in [0.3, 0.4) is 0 Å². The Kier molecular flexibility index (Phi) is 37.4. The number of carbonyl (C=O) groups is 3. The van der Waals surface area contributed by atoms with Crippen LogP contribution in [0.4, 0.5) is 0 Å². The monoisotopic (exact) mass is 801 g/mol. The summed E-state index contributed by atoms with van der Waals surface area (Å²) < 4.78 is 32.6. The lowest BCUT2D eigenvalue weighted by Crippen LogP contribution is -2.29. The van der Waals surface area contributed by atoms with Crippen molar-refractivity contribution in [3.8, 4) is 0 Å². The first-order valence-corrected chi connectivity index (χ1v) is 22.2. The number of allylic oxidation sites excluding steroid dienone is 16. The van der Waals surface area contributed by atoms with E-state index in [1.54, 1.807) is 6.08 Å². The zero-order valence-corrected chi connectivity index (χ0v) is 35.2. The third-order valence-corrected chi connectivity index (χ3v) is 8.93. The van der Waals surface area contributed by atoms with Gasteiger partial charge in [-0.15, -0.1) is 0 Å². The van der Waals surface area contributed by atoms with Gasteiger partial charge in [-0.25, -0.2) is 4.57 Å². The smallest absolute Gasteiger partial charge is 0.462 e. The summed E-state index contributed by atoms with van der Waals surface area (Å²) in [5, 5.41) is 0. The van der Waals surface area contributed by atoms with Crippen LogP contribution < -0.4 is 5.73 Å². The number of rotatable bonds is 37. The number of unbranched alkanes of at least 4 members (excludes halogenated alkanes) is 7. The number of carbonyl (C=O) groups excluding carboxylic acids is 3. The number of hydrogen-bond donors (Lipinski definition) is 2. The van der Waals surface area contributed by atoms with Gasteiger partial charge < -0.3 is 20.1 Å². The maximum atomic E-state index is 12.5. The normalized spacial score (nSPS) is 14.2. The number of ether oxygens (including phenoxy) is 2. The summed E-state index contributed by atoms with van der Waals surface area (Å²) in [6.07, 6.45) is 47.2. The van der Waals surface area contributed by atoms with Gasteiger partial charge in [-0.3, -0.25) is 23.4 Å². The first-order valence-electron chi connectivity index (χ1n) is 20.7. The van der Waals surface area contributed by atoms with Crippen LogP contribution in [0, 0.1) is 0 Å². The molecule has 0 aromatic carbocycles. The van der Waals surface area contributed by atoms with E-state index in [0.29, 0.717) is 19.3 Å². The van der Waals surface area contributed by atoms with E-state index in [1.165, 1.54) is 0 Å². The molecular weight excluding hydrogens is 729 g/mol. The van der Waals surface area contributed by atoms with Gasteiger partial charge in [-0.1, -0.05) is 137 Å². The molecule has 0 aliphatic heterocycles.